The van der Waals surface area contributed by atoms with Gasteiger partial charge in [-0.25, -0.2) is 0 Å². The van der Waals surface area contributed by atoms with Crippen molar-refractivity contribution in [3.05, 3.63) is 71.8 Å². The largest absolute Gasteiger partial charge is 0.497 e. The lowest BCUT2D eigenvalue weighted by molar-refractivity contribution is -0.128. The number of benzene rings is 2. The number of carbonyl (C=O) groups excluding carboxylic acids is 2. The fraction of sp³-hybridized carbons (Fsp3) is 0.280. The molecule has 0 spiro atoms. The summed E-state index contributed by atoms with van der Waals surface area (Å²) in [5.41, 5.74) is 1.87. The monoisotopic (exact) mass is 420 g/mol. The Morgan fingerprint density at radius 1 is 0.677 bits per heavy atom. The van der Waals surface area contributed by atoms with E-state index in [0.29, 0.717) is 26.2 Å². The number of hydrogen-bond donors (Lipinski definition) is 0. The van der Waals surface area contributed by atoms with Gasteiger partial charge in [0.25, 0.3) is 0 Å². The van der Waals surface area contributed by atoms with Gasteiger partial charge >= 0.3 is 0 Å². The average molecular weight is 421 g/mol. The third-order valence-corrected chi connectivity index (χ3v) is 5.19. The van der Waals surface area contributed by atoms with Crippen molar-refractivity contribution < 1.29 is 19.1 Å². The van der Waals surface area contributed by atoms with Crippen molar-refractivity contribution in [3.63, 3.8) is 0 Å². The summed E-state index contributed by atoms with van der Waals surface area (Å²) < 4.78 is 10.3. The SMILES string of the molecule is COc1ccc(C=CC(=O)N2CCCN(C(=O)C=Cc3ccc(OC)cc3)CC2)cc1. The van der Waals surface area contributed by atoms with Crippen LogP contribution in [0.15, 0.2) is 60.7 Å². The molecule has 0 atom stereocenters. The quantitative estimate of drug-likeness (QED) is 0.672. The second-order valence-electron chi connectivity index (χ2n) is 7.22. The van der Waals surface area contributed by atoms with Gasteiger partial charge in [0, 0.05) is 38.3 Å². The summed E-state index contributed by atoms with van der Waals surface area (Å²) in [5, 5.41) is 0. The van der Waals surface area contributed by atoms with E-state index in [1.54, 1.807) is 48.3 Å². The molecule has 0 radical (unpaired) electrons. The molecule has 1 saturated heterocycles. The number of ether oxygens (including phenoxy) is 2. The third-order valence-electron chi connectivity index (χ3n) is 5.19. The first kappa shape index (κ1) is 22.2. The fourth-order valence-corrected chi connectivity index (χ4v) is 3.33. The maximum Gasteiger partial charge on any atom is 0.246 e. The predicted molar refractivity (Wildman–Crippen MR) is 122 cm³/mol. The Kier molecular flexibility index (Phi) is 7.87. The molecule has 162 valence electrons. The molecule has 1 aliphatic heterocycles. The second-order valence-corrected chi connectivity index (χ2v) is 7.22. The first-order valence-electron chi connectivity index (χ1n) is 10.3. The van der Waals surface area contributed by atoms with Crippen molar-refractivity contribution in [1.29, 1.82) is 0 Å². The molecule has 0 bridgehead atoms. The number of hydrogen-bond acceptors (Lipinski definition) is 4. The van der Waals surface area contributed by atoms with Gasteiger partial charge in [-0.1, -0.05) is 24.3 Å². The first-order valence-corrected chi connectivity index (χ1v) is 10.3. The summed E-state index contributed by atoms with van der Waals surface area (Å²) in [6.45, 7) is 2.32. The number of amides is 2. The minimum absolute atomic E-state index is 0.0427. The van der Waals surface area contributed by atoms with Crippen LogP contribution >= 0.6 is 0 Å². The summed E-state index contributed by atoms with van der Waals surface area (Å²) in [6.07, 6.45) is 7.52. The highest BCUT2D eigenvalue weighted by atomic mass is 16.5. The molecule has 2 amide bonds. The fourth-order valence-electron chi connectivity index (χ4n) is 3.33. The summed E-state index contributed by atoms with van der Waals surface area (Å²) in [4.78, 5) is 28.7. The Hall–Kier alpha value is -3.54. The molecule has 3 rings (SSSR count). The minimum Gasteiger partial charge on any atom is -0.497 e. The van der Waals surface area contributed by atoms with E-state index in [1.807, 2.05) is 48.5 Å². The van der Waals surface area contributed by atoms with Gasteiger partial charge in [0.15, 0.2) is 0 Å². The maximum absolute atomic E-state index is 12.6. The molecular weight excluding hydrogens is 392 g/mol. The Bertz CT molecular complexity index is 855. The number of methoxy groups -OCH3 is 2. The zero-order valence-corrected chi connectivity index (χ0v) is 18.0. The standard InChI is InChI=1S/C25H28N2O4/c1-30-22-10-4-20(5-11-22)8-14-24(28)26-16-3-17-27(19-18-26)25(29)15-9-21-6-12-23(31-2)13-7-21/h4-15H,3,16-19H2,1-2H3. The highest BCUT2D eigenvalue weighted by Gasteiger charge is 2.19. The number of carbonyl (C=O) groups is 2. The summed E-state index contributed by atoms with van der Waals surface area (Å²) in [7, 11) is 3.24. The summed E-state index contributed by atoms with van der Waals surface area (Å²) in [5.74, 6) is 1.47. The van der Waals surface area contributed by atoms with Gasteiger partial charge in [-0.3, -0.25) is 9.59 Å². The maximum atomic E-state index is 12.6. The van der Waals surface area contributed by atoms with Crippen LogP contribution in [0.3, 0.4) is 0 Å². The normalized spacial score (nSPS) is 14.6. The van der Waals surface area contributed by atoms with Crippen molar-refractivity contribution in [2.75, 3.05) is 40.4 Å². The molecule has 0 aromatic heterocycles. The molecule has 0 aliphatic carbocycles. The van der Waals surface area contributed by atoms with Crippen LogP contribution in [-0.4, -0.2) is 62.0 Å². The Labute approximate surface area is 183 Å². The third kappa shape index (κ3) is 6.47. The highest BCUT2D eigenvalue weighted by Crippen LogP contribution is 2.14. The summed E-state index contributed by atoms with van der Waals surface area (Å²) >= 11 is 0. The van der Waals surface area contributed by atoms with E-state index < -0.39 is 0 Å². The van der Waals surface area contributed by atoms with E-state index in [2.05, 4.69) is 0 Å². The van der Waals surface area contributed by atoms with Crippen molar-refractivity contribution in [2.45, 2.75) is 6.42 Å². The van der Waals surface area contributed by atoms with Crippen molar-refractivity contribution >= 4 is 24.0 Å². The highest BCUT2D eigenvalue weighted by molar-refractivity contribution is 5.93. The Balaban J connectivity index is 1.52. The van der Waals surface area contributed by atoms with E-state index >= 15 is 0 Å². The molecule has 6 nitrogen and oxygen atoms in total. The summed E-state index contributed by atoms with van der Waals surface area (Å²) in [6, 6.07) is 15.1. The van der Waals surface area contributed by atoms with E-state index in [4.69, 9.17) is 9.47 Å². The number of rotatable bonds is 6. The zero-order chi connectivity index (χ0) is 22.1. The van der Waals surface area contributed by atoms with Gasteiger partial charge in [-0.2, -0.15) is 0 Å². The molecule has 1 aliphatic rings. The Morgan fingerprint density at radius 2 is 1.06 bits per heavy atom. The van der Waals surface area contributed by atoms with Gasteiger partial charge in [-0.05, 0) is 54.0 Å². The van der Waals surface area contributed by atoms with Crippen molar-refractivity contribution in [3.8, 4) is 11.5 Å². The lowest BCUT2D eigenvalue weighted by atomic mass is 10.2. The topological polar surface area (TPSA) is 59.1 Å². The second kappa shape index (κ2) is 11.0. The van der Waals surface area contributed by atoms with Gasteiger partial charge < -0.3 is 19.3 Å². The molecule has 0 saturated carbocycles. The van der Waals surface area contributed by atoms with Crippen LogP contribution in [0.25, 0.3) is 12.2 Å². The first-order chi connectivity index (χ1) is 15.1. The van der Waals surface area contributed by atoms with Crippen LogP contribution < -0.4 is 9.47 Å². The lowest BCUT2D eigenvalue weighted by Crippen LogP contribution is -2.36. The Morgan fingerprint density at radius 3 is 1.42 bits per heavy atom. The van der Waals surface area contributed by atoms with Crippen molar-refractivity contribution in [2.24, 2.45) is 0 Å². The van der Waals surface area contributed by atoms with Crippen molar-refractivity contribution in [1.82, 2.24) is 9.80 Å². The zero-order valence-electron chi connectivity index (χ0n) is 18.0. The van der Waals surface area contributed by atoms with Crippen LogP contribution in [0.1, 0.15) is 17.5 Å². The van der Waals surface area contributed by atoms with Gasteiger partial charge in [0.2, 0.25) is 11.8 Å². The van der Waals surface area contributed by atoms with Gasteiger partial charge in [0.05, 0.1) is 14.2 Å². The number of nitrogens with zero attached hydrogens (tertiary/aromatic N) is 2. The lowest BCUT2D eigenvalue weighted by Gasteiger charge is -2.20. The van der Waals surface area contributed by atoms with Crippen LogP contribution in [0.2, 0.25) is 0 Å². The van der Waals surface area contributed by atoms with Crippen LogP contribution in [-0.2, 0) is 9.59 Å². The van der Waals surface area contributed by atoms with Crippen LogP contribution in [0.5, 0.6) is 11.5 Å². The van der Waals surface area contributed by atoms with Gasteiger partial charge in [0.1, 0.15) is 11.5 Å². The molecular formula is C25H28N2O4. The van der Waals surface area contributed by atoms with E-state index in [-0.39, 0.29) is 11.8 Å². The average Bonchev–Trinajstić information content (AvgIpc) is 3.08. The molecule has 31 heavy (non-hydrogen) atoms. The molecule has 2 aromatic carbocycles. The molecule has 0 N–H and O–H groups in total. The molecule has 0 unspecified atom stereocenters. The van der Waals surface area contributed by atoms with E-state index in [1.165, 1.54) is 0 Å². The van der Waals surface area contributed by atoms with E-state index in [0.717, 1.165) is 29.0 Å². The molecule has 1 fully saturated rings. The van der Waals surface area contributed by atoms with E-state index in [9.17, 15) is 9.59 Å². The predicted octanol–water partition coefficient (Wildman–Crippen LogP) is 3.49. The minimum atomic E-state index is -0.0427. The van der Waals surface area contributed by atoms with Crippen LogP contribution in [0.4, 0.5) is 0 Å². The van der Waals surface area contributed by atoms with Gasteiger partial charge in [-0.15, -0.1) is 0 Å². The molecule has 2 aromatic rings. The smallest absolute Gasteiger partial charge is 0.246 e. The van der Waals surface area contributed by atoms with Crippen LogP contribution in [0, 0.1) is 0 Å². The molecule has 1 heterocycles. The molecule has 6 heteroatoms.